The number of hydrogen-bond acceptors (Lipinski definition) is 5. The van der Waals surface area contributed by atoms with Crippen molar-refractivity contribution in [2.24, 2.45) is 5.73 Å². The summed E-state index contributed by atoms with van der Waals surface area (Å²) in [7, 11) is 0. The third kappa shape index (κ3) is 6.16. The number of carbonyl (C=O) groups excluding carboxylic acids is 2. The maximum absolute atomic E-state index is 13.1. The number of carboxylic acid groups (broad SMARTS) is 1. The van der Waals surface area contributed by atoms with Gasteiger partial charge in [0.05, 0.1) is 6.54 Å². The first-order chi connectivity index (χ1) is 15.5. The van der Waals surface area contributed by atoms with Crippen molar-refractivity contribution in [3.05, 3.63) is 101 Å². The van der Waals surface area contributed by atoms with Gasteiger partial charge in [-0.1, -0.05) is 42.5 Å². The van der Waals surface area contributed by atoms with Gasteiger partial charge in [0, 0.05) is 17.7 Å². The number of nitrogens with zero attached hydrogens (tertiary/aromatic N) is 1. The monoisotopic (exact) mass is 433 g/mol. The molecule has 0 aliphatic heterocycles. The van der Waals surface area contributed by atoms with Crippen molar-refractivity contribution in [1.82, 2.24) is 10.4 Å². The fraction of sp³-hybridized carbons (Fsp3) is 0.125. The van der Waals surface area contributed by atoms with Gasteiger partial charge >= 0.3 is 5.97 Å². The Kier molecular flexibility index (Phi) is 7.55. The predicted molar refractivity (Wildman–Crippen MR) is 118 cm³/mol. The Hall–Kier alpha value is -4.17. The molecule has 0 fully saturated rings. The molecule has 3 aromatic rings. The number of carboxylic acids is 1. The van der Waals surface area contributed by atoms with Crippen LogP contribution in [0.15, 0.2) is 78.9 Å². The minimum absolute atomic E-state index is 0.170. The average Bonchev–Trinajstić information content (AvgIpc) is 2.83. The SMILES string of the molecule is NCc1ccc(C(=O)N(Cc2ccccc2)NC(=O)c2ccc(OCC(=O)O)cc2)cc1. The maximum Gasteiger partial charge on any atom is 0.341 e. The minimum Gasteiger partial charge on any atom is -0.482 e. The molecule has 0 saturated carbocycles. The van der Waals surface area contributed by atoms with Crippen LogP contribution in [0.5, 0.6) is 5.75 Å². The van der Waals surface area contributed by atoms with Crippen molar-refractivity contribution in [3.63, 3.8) is 0 Å². The van der Waals surface area contributed by atoms with E-state index in [1.807, 2.05) is 30.3 Å². The molecule has 0 radical (unpaired) electrons. The van der Waals surface area contributed by atoms with Gasteiger partial charge in [0.2, 0.25) is 0 Å². The van der Waals surface area contributed by atoms with E-state index in [4.69, 9.17) is 15.6 Å². The number of hydrogen-bond donors (Lipinski definition) is 3. The highest BCUT2D eigenvalue weighted by Gasteiger charge is 2.19. The van der Waals surface area contributed by atoms with Crippen LogP contribution in [-0.2, 0) is 17.9 Å². The lowest BCUT2D eigenvalue weighted by Crippen LogP contribution is -2.45. The van der Waals surface area contributed by atoms with E-state index in [0.717, 1.165) is 11.1 Å². The van der Waals surface area contributed by atoms with Crippen LogP contribution in [0, 0.1) is 0 Å². The second-order valence-corrected chi connectivity index (χ2v) is 6.93. The summed E-state index contributed by atoms with van der Waals surface area (Å²) in [4.78, 5) is 36.5. The van der Waals surface area contributed by atoms with Gasteiger partial charge in [-0.2, -0.15) is 0 Å². The smallest absolute Gasteiger partial charge is 0.341 e. The van der Waals surface area contributed by atoms with Crippen molar-refractivity contribution in [1.29, 1.82) is 0 Å². The number of aliphatic carboxylic acids is 1. The molecule has 8 nitrogen and oxygen atoms in total. The third-order valence-electron chi connectivity index (χ3n) is 4.58. The van der Waals surface area contributed by atoms with E-state index in [-0.39, 0.29) is 18.0 Å². The number of rotatable bonds is 8. The zero-order valence-corrected chi connectivity index (χ0v) is 17.2. The molecule has 0 heterocycles. The molecule has 0 atom stereocenters. The van der Waals surface area contributed by atoms with Gasteiger partial charge in [-0.3, -0.25) is 15.0 Å². The number of nitrogens with one attached hydrogen (secondary N) is 1. The van der Waals surface area contributed by atoms with Crippen molar-refractivity contribution >= 4 is 17.8 Å². The number of ether oxygens (including phenoxy) is 1. The molecule has 2 amide bonds. The lowest BCUT2D eigenvalue weighted by Gasteiger charge is -2.24. The van der Waals surface area contributed by atoms with E-state index < -0.39 is 18.5 Å². The summed E-state index contributed by atoms with van der Waals surface area (Å²) in [5, 5.41) is 9.93. The molecule has 0 spiro atoms. The second-order valence-electron chi connectivity index (χ2n) is 6.93. The Balaban J connectivity index is 1.77. The van der Waals surface area contributed by atoms with E-state index >= 15 is 0 Å². The highest BCUT2D eigenvalue weighted by atomic mass is 16.5. The Labute approximate surface area is 185 Å². The van der Waals surface area contributed by atoms with Gasteiger partial charge in [-0.05, 0) is 47.5 Å². The molecule has 164 valence electrons. The van der Waals surface area contributed by atoms with Gasteiger partial charge in [-0.15, -0.1) is 0 Å². The quantitative estimate of drug-likeness (QED) is 0.470. The van der Waals surface area contributed by atoms with Crippen molar-refractivity contribution in [2.75, 3.05) is 6.61 Å². The highest BCUT2D eigenvalue weighted by molar-refractivity contribution is 5.99. The van der Waals surface area contributed by atoms with E-state index in [1.54, 1.807) is 24.3 Å². The molecule has 0 bridgehead atoms. The first-order valence-electron chi connectivity index (χ1n) is 9.86. The molecule has 0 aromatic heterocycles. The molecule has 3 rings (SSSR count). The predicted octanol–water partition coefficient (Wildman–Crippen LogP) is 2.60. The van der Waals surface area contributed by atoms with Crippen molar-refractivity contribution in [2.45, 2.75) is 13.1 Å². The summed E-state index contributed by atoms with van der Waals surface area (Å²) < 4.78 is 5.07. The summed E-state index contributed by atoms with van der Waals surface area (Å²) in [6.45, 7) is 0.0583. The van der Waals surface area contributed by atoms with Crippen LogP contribution in [-0.4, -0.2) is 34.5 Å². The van der Waals surface area contributed by atoms with E-state index in [1.165, 1.54) is 29.3 Å². The molecule has 0 saturated heterocycles. The van der Waals surface area contributed by atoms with Crippen LogP contribution in [0.1, 0.15) is 31.8 Å². The average molecular weight is 433 g/mol. The minimum atomic E-state index is -1.10. The van der Waals surface area contributed by atoms with Crippen LogP contribution < -0.4 is 15.9 Å². The fourth-order valence-corrected chi connectivity index (χ4v) is 2.90. The first-order valence-corrected chi connectivity index (χ1v) is 9.86. The van der Waals surface area contributed by atoms with Crippen LogP contribution in [0.2, 0.25) is 0 Å². The Morgan fingerprint density at radius 1 is 0.844 bits per heavy atom. The van der Waals surface area contributed by atoms with Gasteiger partial charge in [0.15, 0.2) is 6.61 Å². The lowest BCUT2D eigenvalue weighted by molar-refractivity contribution is -0.139. The number of nitrogens with two attached hydrogens (primary N) is 1. The summed E-state index contributed by atoms with van der Waals surface area (Å²) in [6, 6.07) is 22.1. The summed E-state index contributed by atoms with van der Waals surface area (Å²) >= 11 is 0. The van der Waals surface area contributed by atoms with Gasteiger partial charge < -0.3 is 15.6 Å². The summed E-state index contributed by atoms with van der Waals surface area (Å²) in [5.74, 6) is -1.63. The molecular formula is C24H23N3O5. The van der Waals surface area contributed by atoms with Crippen LogP contribution >= 0.6 is 0 Å². The zero-order valence-electron chi connectivity index (χ0n) is 17.2. The van der Waals surface area contributed by atoms with Crippen LogP contribution in [0.3, 0.4) is 0 Å². The standard InChI is InChI=1S/C24H23N3O5/c25-14-17-6-8-20(9-7-17)24(31)27(15-18-4-2-1-3-5-18)26-23(30)19-10-12-21(13-11-19)32-16-22(28)29/h1-13H,14-16,25H2,(H,26,30)(H,28,29). The van der Waals surface area contributed by atoms with Gasteiger partial charge in [0.1, 0.15) is 5.75 Å². The number of benzene rings is 3. The van der Waals surface area contributed by atoms with Crippen molar-refractivity contribution in [3.8, 4) is 5.75 Å². The summed E-state index contributed by atoms with van der Waals surface area (Å²) in [6.07, 6.45) is 0. The Morgan fingerprint density at radius 3 is 2.06 bits per heavy atom. The number of hydrazine groups is 1. The van der Waals surface area contributed by atoms with E-state index in [9.17, 15) is 14.4 Å². The fourth-order valence-electron chi connectivity index (χ4n) is 2.90. The Bertz CT molecular complexity index is 1070. The number of amides is 2. The molecule has 3 aromatic carbocycles. The topological polar surface area (TPSA) is 122 Å². The van der Waals surface area contributed by atoms with Gasteiger partial charge in [-0.25, -0.2) is 9.80 Å². The molecule has 32 heavy (non-hydrogen) atoms. The third-order valence-corrected chi connectivity index (χ3v) is 4.58. The van der Waals surface area contributed by atoms with Crippen LogP contribution in [0.4, 0.5) is 0 Å². The molecule has 4 N–H and O–H groups in total. The molecular weight excluding hydrogens is 410 g/mol. The zero-order chi connectivity index (χ0) is 22.9. The first kappa shape index (κ1) is 22.5. The normalized spacial score (nSPS) is 10.3. The molecule has 0 aliphatic rings. The molecule has 8 heteroatoms. The van der Waals surface area contributed by atoms with E-state index in [2.05, 4.69) is 5.43 Å². The highest BCUT2D eigenvalue weighted by Crippen LogP contribution is 2.14. The van der Waals surface area contributed by atoms with Gasteiger partial charge in [0.25, 0.3) is 11.8 Å². The molecule has 0 aliphatic carbocycles. The Morgan fingerprint density at radius 2 is 1.47 bits per heavy atom. The molecule has 0 unspecified atom stereocenters. The number of carbonyl (C=O) groups is 3. The lowest BCUT2D eigenvalue weighted by atomic mass is 10.1. The van der Waals surface area contributed by atoms with Crippen molar-refractivity contribution < 1.29 is 24.2 Å². The van der Waals surface area contributed by atoms with Crippen LogP contribution in [0.25, 0.3) is 0 Å². The second kappa shape index (κ2) is 10.7. The maximum atomic E-state index is 13.1. The largest absolute Gasteiger partial charge is 0.482 e. The van der Waals surface area contributed by atoms with E-state index in [0.29, 0.717) is 17.9 Å². The summed E-state index contributed by atoms with van der Waals surface area (Å²) in [5.41, 5.74) is 10.7.